The SMILES string of the molecule is CCc1cc([C@@H]2Oc3c(O)cc([C@H]4Oc5cc(O)cc(O)c5C(=O)[C@@H]4O)cc3[C@H]2CO)ccc1O. The van der Waals surface area contributed by atoms with E-state index in [0.29, 0.717) is 23.1 Å². The Balaban J connectivity index is 1.54. The zero-order valence-electron chi connectivity index (χ0n) is 18.7. The number of rotatable bonds is 4. The van der Waals surface area contributed by atoms with E-state index in [0.717, 1.165) is 12.1 Å². The molecule has 5 rings (SSSR count). The highest BCUT2D eigenvalue weighted by Gasteiger charge is 2.42. The molecule has 0 saturated carbocycles. The Labute approximate surface area is 200 Å². The number of aryl methyl sites for hydroxylation is 1. The van der Waals surface area contributed by atoms with E-state index in [-0.39, 0.29) is 46.5 Å². The van der Waals surface area contributed by atoms with Crippen molar-refractivity contribution in [1.29, 1.82) is 0 Å². The van der Waals surface area contributed by atoms with E-state index in [9.17, 15) is 35.4 Å². The molecular formula is C26H24O9. The molecule has 182 valence electrons. The van der Waals surface area contributed by atoms with Gasteiger partial charge in [0.15, 0.2) is 23.7 Å². The van der Waals surface area contributed by atoms with Gasteiger partial charge >= 0.3 is 0 Å². The number of benzene rings is 3. The Morgan fingerprint density at radius 1 is 0.857 bits per heavy atom. The maximum atomic E-state index is 12.8. The maximum absolute atomic E-state index is 12.8. The zero-order chi connectivity index (χ0) is 25.0. The third-order valence-corrected chi connectivity index (χ3v) is 6.59. The molecule has 2 aliphatic rings. The van der Waals surface area contributed by atoms with Gasteiger partial charge in [-0.1, -0.05) is 13.0 Å². The molecule has 3 aromatic rings. The smallest absolute Gasteiger partial charge is 0.202 e. The van der Waals surface area contributed by atoms with Crippen LogP contribution in [0, 0.1) is 0 Å². The summed E-state index contributed by atoms with van der Waals surface area (Å²) < 4.78 is 11.8. The molecule has 4 atom stereocenters. The first kappa shape index (κ1) is 22.8. The number of aliphatic hydroxyl groups excluding tert-OH is 2. The Kier molecular flexibility index (Phi) is 5.46. The van der Waals surface area contributed by atoms with Crippen LogP contribution in [0.25, 0.3) is 0 Å². The summed E-state index contributed by atoms with van der Waals surface area (Å²) in [4.78, 5) is 12.8. The molecule has 0 amide bonds. The number of carbonyl (C=O) groups excluding carboxylic acids is 1. The first-order valence-corrected chi connectivity index (χ1v) is 11.1. The Morgan fingerprint density at radius 2 is 1.63 bits per heavy atom. The van der Waals surface area contributed by atoms with Crippen molar-refractivity contribution in [1.82, 2.24) is 0 Å². The van der Waals surface area contributed by atoms with E-state index in [1.54, 1.807) is 24.3 Å². The van der Waals surface area contributed by atoms with E-state index in [1.165, 1.54) is 6.07 Å². The van der Waals surface area contributed by atoms with Gasteiger partial charge in [-0.05, 0) is 47.4 Å². The minimum Gasteiger partial charge on any atom is -0.508 e. The van der Waals surface area contributed by atoms with Crippen LogP contribution in [-0.4, -0.2) is 49.1 Å². The summed E-state index contributed by atoms with van der Waals surface area (Å²) in [6.45, 7) is 1.58. The molecule has 6 N–H and O–H groups in total. The quantitative estimate of drug-likeness (QED) is 0.330. The lowest BCUT2D eigenvalue weighted by Gasteiger charge is -2.30. The Bertz CT molecular complexity index is 1330. The average molecular weight is 480 g/mol. The van der Waals surface area contributed by atoms with Gasteiger partial charge < -0.3 is 40.1 Å². The van der Waals surface area contributed by atoms with Crippen molar-refractivity contribution in [2.75, 3.05) is 6.61 Å². The number of phenolic OH excluding ortho intramolecular Hbond substituents is 4. The van der Waals surface area contributed by atoms with Crippen LogP contribution in [0.1, 0.15) is 57.7 Å². The molecule has 0 spiro atoms. The van der Waals surface area contributed by atoms with Crippen molar-refractivity contribution in [3.63, 3.8) is 0 Å². The number of ketones is 1. The first-order valence-electron chi connectivity index (χ1n) is 11.1. The fourth-order valence-corrected chi connectivity index (χ4v) is 4.82. The maximum Gasteiger partial charge on any atom is 0.202 e. The molecule has 2 heterocycles. The number of carbonyl (C=O) groups is 1. The summed E-state index contributed by atoms with van der Waals surface area (Å²) in [5.74, 6) is -2.26. The monoisotopic (exact) mass is 480 g/mol. The number of phenols is 4. The van der Waals surface area contributed by atoms with E-state index in [2.05, 4.69) is 0 Å². The number of aliphatic hydroxyl groups is 2. The molecule has 0 bridgehead atoms. The van der Waals surface area contributed by atoms with Gasteiger partial charge in [0, 0.05) is 17.7 Å². The van der Waals surface area contributed by atoms with Crippen molar-refractivity contribution in [2.24, 2.45) is 0 Å². The summed E-state index contributed by atoms with van der Waals surface area (Å²) in [6.07, 6.45) is -2.98. The van der Waals surface area contributed by atoms with Gasteiger partial charge in [0.25, 0.3) is 0 Å². The fourth-order valence-electron chi connectivity index (χ4n) is 4.82. The Morgan fingerprint density at radius 3 is 2.34 bits per heavy atom. The summed E-state index contributed by atoms with van der Waals surface area (Å²) in [7, 11) is 0. The molecule has 2 aliphatic heterocycles. The lowest BCUT2D eigenvalue weighted by atomic mass is 9.87. The van der Waals surface area contributed by atoms with Crippen LogP contribution >= 0.6 is 0 Å². The van der Waals surface area contributed by atoms with Crippen LogP contribution in [0.15, 0.2) is 42.5 Å². The second kappa shape index (κ2) is 8.37. The van der Waals surface area contributed by atoms with Gasteiger partial charge in [-0.15, -0.1) is 0 Å². The predicted molar refractivity (Wildman–Crippen MR) is 122 cm³/mol. The average Bonchev–Trinajstić information content (AvgIpc) is 3.20. The van der Waals surface area contributed by atoms with Crippen LogP contribution in [0.2, 0.25) is 0 Å². The highest BCUT2D eigenvalue weighted by molar-refractivity contribution is 6.05. The van der Waals surface area contributed by atoms with Crippen LogP contribution in [0.4, 0.5) is 0 Å². The molecule has 35 heavy (non-hydrogen) atoms. The van der Waals surface area contributed by atoms with Crippen molar-refractivity contribution in [3.05, 3.63) is 70.3 Å². The molecule has 0 unspecified atom stereocenters. The molecular weight excluding hydrogens is 456 g/mol. The lowest BCUT2D eigenvalue weighted by Crippen LogP contribution is -2.36. The van der Waals surface area contributed by atoms with Gasteiger partial charge in [-0.3, -0.25) is 4.79 Å². The highest BCUT2D eigenvalue weighted by Crippen LogP contribution is 2.52. The van der Waals surface area contributed by atoms with Crippen LogP contribution in [-0.2, 0) is 6.42 Å². The van der Waals surface area contributed by atoms with Gasteiger partial charge in [-0.2, -0.15) is 0 Å². The number of fused-ring (bicyclic) bond motifs is 2. The second-order valence-electron chi connectivity index (χ2n) is 8.71. The topological polar surface area (TPSA) is 157 Å². The zero-order valence-corrected chi connectivity index (χ0v) is 18.7. The molecule has 0 saturated heterocycles. The van der Waals surface area contributed by atoms with Crippen LogP contribution in [0.3, 0.4) is 0 Å². The van der Waals surface area contributed by atoms with E-state index >= 15 is 0 Å². The number of Topliss-reactive ketones (excluding diaryl/α,β-unsaturated/α-hetero) is 1. The predicted octanol–water partition coefficient (Wildman–Crippen LogP) is 2.96. The second-order valence-corrected chi connectivity index (χ2v) is 8.71. The molecule has 0 aromatic heterocycles. The van der Waals surface area contributed by atoms with E-state index in [4.69, 9.17) is 9.47 Å². The standard InChI is InChI=1S/C26H24O9/c1-2-11-5-12(3-4-17(11)29)24-16(10-27)15-6-13(7-19(31)26(15)35-24)25-23(33)22(32)21-18(30)8-14(28)9-20(21)34-25/h3-9,16,23-25,27-31,33H,2,10H2,1H3/t16-,23+,24+,25-/m1/s1. The van der Waals surface area contributed by atoms with Crippen molar-refractivity contribution in [2.45, 2.75) is 37.6 Å². The van der Waals surface area contributed by atoms with Crippen LogP contribution < -0.4 is 9.47 Å². The van der Waals surface area contributed by atoms with E-state index < -0.39 is 35.8 Å². The van der Waals surface area contributed by atoms with E-state index in [1.807, 2.05) is 6.92 Å². The molecule has 0 aliphatic carbocycles. The normalized spacial score (nSPS) is 22.8. The minimum absolute atomic E-state index is 0.105. The number of hydrogen-bond acceptors (Lipinski definition) is 9. The summed E-state index contributed by atoms with van der Waals surface area (Å²) in [6, 6.07) is 10.1. The van der Waals surface area contributed by atoms with Gasteiger partial charge in [0.2, 0.25) is 5.78 Å². The highest BCUT2D eigenvalue weighted by atomic mass is 16.5. The fraction of sp³-hybridized carbons (Fsp3) is 0.269. The molecule has 0 radical (unpaired) electrons. The summed E-state index contributed by atoms with van der Waals surface area (Å²) in [5.41, 5.74) is 1.89. The third-order valence-electron chi connectivity index (χ3n) is 6.59. The van der Waals surface area contributed by atoms with Gasteiger partial charge in [0.05, 0.1) is 12.5 Å². The molecule has 0 fully saturated rings. The number of aromatic hydroxyl groups is 4. The third kappa shape index (κ3) is 3.60. The van der Waals surface area contributed by atoms with Crippen LogP contribution in [0.5, 0.6) is 34.5 Å². The lowest BCUT2D eigenvalue weighted by molar-refractivity contribution is 0.0209. The first-order chi connectivity index (χ1) is 16.7. The largest absolute Gasteiger partial charge is 0.508 e. The molecule has 9 heteroatoms. The number of ether oxygens (including phenoxy) is 2. The molecule has 9 nitrogen and oxygen atoms in total. The van der Waals surface area contributed by atoms with Gasteiger partial charge in [-0.25, -0.2) is 0 Å². The number of hydrogen-bond donors (Lipinski definition) is 6. The molecule has 3 aromatic carbocycles. The van der Waals surface area contributed by atoms with Crippen molar-refractivity contribution < 1.29 is 44.9 Å². The Hall–Kier alpha value is -3.95. The van der Waals surface area contributed by atoms with Crippen molar-refractivity contribution >= 4 is 5.78 Å². The van der Waals surface area contributed by atoms with Crippen molar-refractivity contribution in [3.8, 4) is 34.5 Å². The summed E-state index contributed by atoms with van der Waals surface area (Å²) >= 11 is 0. The summed E-state index contributed by atoms with van der Waals surface area (Å²) in [5, 5.41) is 61.5. The van der Waals surface area contributed by atoms with Gasteiger partial charge in [0.1, 0.15) is 34.7 Å². The minimum atomic E-state index is -1.69.